The van der Waals surface area contributed by atoms with Crippen molar-refractivity contribution in [3.8, 4) is 0 Å². The summed E-state index contributed by atoms with van der Waals surface area (Å²) in [5, 5.41) is 4.73. The van der Waals surface area contributed by atoms with Crippen LogP contribution in [0.4, 0.5) is 0 Å². The van der Waals surface area contributed by atoms with Crippen molar-refractivity contribution in [2.45, 2.75) is 63.8 Å². The van der Waals surface area contributed by atoms with E-state index in [1.807, 2.05) is 0 Å². The first-order valence-corrected chi connectivity index (χ1v) is 7.02. The first-order valence-electron chi connectivity index (χ1n) is 5.97. The summed E-state index contributed by atoms with van der Waals surface area (Å²) in [5.41, 5.74) is 0.508. The van der Waals surface area contributed by atoms with Gasteiger partial charge in [-0.2, -0.15) is 11.8 Å². The highest BCUT2D eigenvalue weighted by Gasteiger charge is 2.40. The van der Waals surface area contributed by atoms with Crippen LogP contribution in [-0.2, 0) is 0 Å². The Balaban J connectivity index is 2.13. The second-order valence-electron chi connectivity index (χ2n) is 5.62. The normalized spacial score (nSPS) is 42.6. The molecule has 2 aliphatic rings. The smallest absolute Gasteiger partial charge is 0.0240 e. The molecule has 82 valence electrons. The zero-order chi connectivity index (χ0) is 10.2. The molecule has 2 heteroatoms. The van der Waals surface area contributed by atoms with Crippen LogP contribution in [0.1, 0.15) is 46.5 Å². The molecule has 1 saturated heterocycles. The zero-order valence-corrected chi connectivity index (χ0v) is 10.5. The summed E-state index contributed by atoms with van der Waals surface area (Å²) in [6, 6.07) is 1.47. The maximum absolute atomic E-state index is 3.85. The summed E-state index contributed by atoms with van der Waals surface area (Å²) < 4.78 is 0. The van der Waals surface area contributed by atoms with E-state index in [1.165, 1.54) is 31.4 Å². The van der Waals surface area contributed by atoms with E-state index in [9.17, 15) is 0 Å². The van der Waals surface area contributed by atoms with Crippen LogP contribution in [0.15, 0.2) is 0 Å². The Kier molecular flexibility index (Phi) is 3.13. The summed E-state index contributed by atoms with van der Waals surface area (Å²) in [6.07, 6.45) is 5.60. The number of thioether (sulfide) groups is 1. The highest BCUT2D eigenvalue weighted by atomic mass is 32.2. The molecule has 0 radical (unpaired) electrons. The van der Waals surface area contributed by atoms with Gasteiger partial charge in [-0.05, 0) is 37.4 Å². The van der Waals surface area contributed by atoms with Crippen molar-refractivity contribution in [3.63, 3.8) is 0 Å². The molecule has 14 heavy (non-hydrogen) atoms. The summed E-state index contributed by atoms with van der Waals surface area (Å²) in [7, 11) is 0. The van der Waals surface area contributed by atoms with Crippen LogP contribution in [0, 0.1) is 5.41 Å². The number of fused-ring (bicyclic) bond motifs is 1. The minimum Gasteiger partial charge on any atom is -0.310 e. The van der Waals surface area contributed by atoms with Crippen LogP contribution in [-0.4, -0.2) is 23.1 Å². The lowest BCUT2D eigenvalue weighted by molar-refractivity contribution is 0.166. The Morgan fingerprint density at radius 2 is 2.07 bits per heavy atom. The number of hydrogen-bond donors (Lipinski definition) is 1. The van der Waals surface area contributed by atoms with E-state index in [4.69, 9.17) is 0 Å². The fourth-order valence-electron chi connectivity index (χ4n) is 2.88. The molecule has 1 N–H and O–H groups in total. The van der Waals surface area contributed by atoms with Gasteiger partial charge in [-0.3, -0.25) is 0 Å². The Labute approximate surface area is 92.4 Å². The van der Waals surface area contributed by atoms with Crippen LogP contribution in [0.25, 0.3) is 0 Å². The van der Waals surface area contributed by atoms with Gasteiger partial charge in [-0.15, -0.1) is 0 Å². The molecule has 2 fully saturated rings. The molecule has 0 amide bonds. The van der Waals surface area contributed by atoms with E-state index >= 15 is 0 Å². The molecule has 1 heterocycles. The average molecular weight is 213 g/mol. The predicted molar refractivity (Wildman–Crippen MR) is 64.9 cm³/mol. The molecule has 3 atom stereocenters. The van der Waals surface area contributed by atoms with Crippen molar-refractivity contribution >= 4 is 11.8 Å². The van der Waals surface area contributed by atoms with Crippen LogP contribution in [0.2, 0.25) is 0 Å². The average Bonchev–Trinajstić information content (AvgIpc) is 2.27. The van der Waals surface area contributed by atoms with E-state index in [0.717, 1.165) is 17.3 Å². The molecule has 1 aliphatic heterocycles. The largest absolute Gasteiger partial charge is 0.310 e. The highest BCUT2D eigenvalue weighted by Crippen LogP contribution is 2.42. The summed E-state index contributed by atoms with van der Waals surface area (Å²) in [5.74, 6) is 1.35. The van der Waals surface area contributed by atoms with Gasteiger partial charge in [0.1, 0.15) is 0 Å². The summed E-state index contributed by atoms with van der Waals surface area (Å²) in [6.45, 7) is 7.22. The fourth-order valence-corrected chi connectivity index (χ4v) is 4.65. The van der Waals surface area contributed by atoms with Crippen molar-refractivity contribution in [2.75, 3.05) is 5.75 Å². The van der Waals surface area contributed by atoms with E-state index in [2.05, 4.69) is 37.8 Å². The lowest BCUT2D eigenvalue weighted by Gasteiger charge is -2.44. The summed E-state index contributed by atoms with van der Waals surface area (Å²) in [4.78, 5) is 0. The second-order valence-corrected chi connectivity index (χ2v) is 6.97. The van der Waals surface area contributed by atoms with Crippen LogP contribution in [0.3, 0.4) is 0 Å². The molecule has 0 spiro atoms. The maximum atomic E-state index is 3.85. The van der Waals surface area contributed by atoms with Gasteiger partial charge in [0.25, 0.3) is 0 Å². The van der Waals surface area contributed by atoms with Gasteiger partial charge in [0.05, 0.1) is 0 Å². The lowest BCUT2D eigenvalue weighted by atomic mass is 9.72. The summed E-state index contributed by atoms with van der Waals surface area (Å²) >= 11 is 2.21. The topological polar surface area (TPSA) is 12.0 Å². The Hall–Kier alpha value is 0.310. The van der Waals surface area contributed by atoms with Gasteiger partial charge in [0.15, 0.2) is 0 Å². The Morgan fingerprint density at radius 1 is 1.29 bits per heavy atom. The van der Waals surface area contributed by atoms with Gasteiger partial charge in [0.2, 0.25) is 0 Å². The molecule has 0 aromatic carbocycles. The van der Waals surface area contributed by atoms with Crippen LogP contribution >= 0.6 is 11.8 Å². The fraction of sp³-hybridized carbons (Fsp3) is 1.00. The predicted octanol–water partition coefficient (Wildman–Crippen LogP) is 3.05. The first kappa shape index (κ1) is 10.8. The standard InChI is InChI=1S/C12H23NS/c1-9-6-8-14-10-5-4-7-12(2,3)11(10)13-9/h9-11,13H,4-8H2,1-3H3. The van der Waals surface area contributed by atoms with Gasteiger partial charge in [-0.1, -0.05) is 20.3 Å². The lowest BCUT2D eigenvalue weighted by Crippen LogP contribution is -2.52. The van der Waals surface area contributed by atoms with Gasteiger partial charge >= 0.3 is 0 Å². The van der Waals surface area contributed by atoms with Crippen molar-refractivity contribution in [1.29, 1.82) is 0 Å². The van der Waals surface area contributed by atoms with Gasteiger partial charge in [-0.25, -0.2) is 0 Å². The number of hydrogen-bond acceptors (Lipinski definition) is 2. The van der Waals surface area contributed by atoms with Crippen molar-refractivity contribution < 1.29 is 0 Å². The number of nitrogens with one attached hydrogen (secondary N) is 1. The quantitative estimate of drug-likeness (QED) is 0.664. The minimum atomic E-state index is 0.508. The third-order valence-electron chi connectivity index (χ3n) is 3.87. The molecule has 3 unspecified atom stereocenters. The molecule has 0 aromatic heterocycles. The van der Waals surface area contributed by atoms with Gasteiger partial charge in [0, 0.05) is 17.3 Å². The monoisotopic (exact) mass is 213 g/mol. The second kappa shape index (κ2) is 4.05. The molecular formula is C12H23NS. The number of rotatable bonds is 0. The molecule has 2 rings (SSSR count). The van der Waals surface area contributed by atoms with Crippen molar-refractivity contribution in [3.05, 3.63) is 0 Å². The van der Waals surface area contributed by atoms with Crippen molar-refractivity contribution in [1.82, 2.24) is 5.32 Å². The first-order chi connectivity index (χ1) is 6.59. The van der Waals surface area contributed by atoms with E-state index in [0.29, 0.717) is 5.41 Å². The van der Waals surface area contributed by atoms with Crippen LogP contribution < -0.4 is 5.32 Å². The highest BCUT2D eigenvalue weighted by molar-refractivity contribution is 7.99. The van der Waals surface area contributed by atoms with Crippen molar-refractivity contribution in [2.24, 2.45) is 5.41 Å². The molecule has 1 nitrogen and oxygen atoms in total. The van der Waals surface area contributed by atoms with E-state index in [-0.39, 0.29) is 0 Å². The molecule has 1 aliphatic carbocycles. The molecule has 0 aromatic rings. The third kappa shape index (κ3) is 2.11. The zero-order valence-electron chi connectivity index (χ0n) is 9.68. The SMILES string of the molecule is CC1CCSC2CCCC(C)(C)C2N1. The molecule has 0 bridgehead atoms. The maximum Gasteiger partial charge on any atom is 0.0240 e. The van der Waals surface area contributed by atoms with E-state index in [1.54, 1.807) is 0 Å². The minimum absolute atomic E-state index is 0.508. The molecule has 1 saturated carbocycles. The Bertz CT molecular complexity index is 202. The van der Waals surface area contributed by atoms with Gasteiger partial charge < -0.3 is 5.32 Å². The molecular weight excluding hydrogens is 190 g/mol. The Morgan fingerprint density at radius 3 is 2.86 bits per heavy atom. The van der Waals surface area contributed by atoms with Crippen LogP contribution in [0.5, 0.6) is 0 Å². The third-order valence-corrected chi connectivity index (χ3v) is 5.28. The van der Waals surface area contributed by atoms with E-state index < -0.39 is 0 Å².